The van der Waals surface area contributed by atoms with Crippen LogP contribution in [0.15, 0.2) is 108 Å². The van der Waals surface area contributed by atoms with Gasteiger partial charge < -0.3 is 0 Å². The van der Waals surface area contributed by atoms with Gasteiger partial charge in [0.25, 0.3) is 0 Å². The van der Waals surface area contributed by atoms with Crippen LogP contribution in [0.3, 0.4) is 0 Å². The molecule has 0 radical (unpaired) electrons. The SMILES string of the molecule is CC1=C([Si](c2ccccc2)(c2ccccc2)c2ccc(C)cc2)C(C)C=C1. The fourth-order valence-electron chi connectivity index (χ4n) is 4.62. The van der Waals surface area contributed by atoms with E-state index in [9.17, 15) is 0 Å². The van der Waals surface area contributed by atoms with Gasteiger partial charge in [-0.2, -0.15) is 0 Å². The predicted molar refractivity (Wildman–Crippen MR) is 120 cm³/mol. The monoisotopic (exact) mass is 366 g/mol. The summed E-state index contributed by atoms with van der Waals surface area (Å²) in [5.74, 6) is 0.457. The highest BCUT2D eigenvalue weighted by Crippen LogP contribution is 2.32. The van der Waals surface area contributed by atoms with Crippen molar-refractivity contribution >= 4 is 23.6 Å². The van der Waals surface area contributed by atoms with Crippen molar-refractivity contribution in [2.45, 2.75) is 20.8 Å². The lowest BCUT2D eigenvalue weighted by Crippen LogP contribution is -2.69. The zero-order valence-corrected chi connectivity index (χ0v) is 17.3. The van der Waals surface area contributed by atoms with Crippen molar-refractivity contribution < 1.29 is 0 Å². The zero-order chi connectivity index (χ0) is 18.9. The maximum absolute atomic E-state index is 2.37. The molecular weight excluding hydrogens is 340 g/mol. The third-order valence-electron chi connectivity index (χ3n) is 5.82. The van der Waals surface area contributed by atoms with E-state index in [-0.39, 0.29) is 0 Å². The molecular formula is C26H26Si. The summed E-state index contributed by atoms with van der Waals surface area (Å²) in [4.78, 5) is 0. The van der Waals surface area contributed by atoms with E-state index in [2.05, 4.69) is 118 Å². The Kier molecular flexibility index (Phi) is 4.71. The van der Waals surface area contributed by atoms with Gasteiger partial charge >= 0.3 is 0 Å². The first kappa shape index (κ1) is 17.8. The van der Waals surface area contributed by atoms with Gasteiger partial charge in [-0.15, -0.1) is 0 Å². The lowest BCUT2D eigenvalue weighted by atomic mass is 10.2. The van der Waals surface area contributed by atoms with E-state index in [0.29, 0.717) is 5.92 Å². The van der Waals surface area contributed by atoms with E-state index in [1.807, 2.05) is 0 Å². The molecule has 134 valence electrons. The second-order valence-electron chi connectivity index (χ2n) is 7.59. The third-order valence-corrected chi connectivity index (χ3v) is 11.1. The van der Waals surface area contributed by atoms with Crippen LogP contribution in [-0.2, 0) is 0 Å². The largest absolute Gasteiger partial charge is 0.176 e. The Labute approximate surface area is 163 Å². The molecule has 1 aliphatic carbocycles. The first-order valence-corrected chi connectivity index (χ1v) is 11.7. The van der Waals surface area contributed by atoms with Crippen LogP contribution in [0.2, 0.25) is 0 Å². The normalized spacial score (nSPS) is 16.8. The molecule has 0 heterocycles. The second-order valence-corrected chi connectivity index (χ2v) is 11.4. The van der Waals surface area contributed by atoms with Crippen molar-refractivity contribution in [2.24, 2.45) is 5.92 Å². The minimum absolute atomic E-state index is 0.457. The molecule has 0 fully saturated rings. The molecule has 0 amide bonds. The van der Waals surface area contributed by atoms with Gasteiger partial charge in [0.05, 0.1) is 0 Å². The molecule has 0 aliphatic heterocycles. The summed E-state index contributed by atoms with van der Waals surface area (Å²) < 4.78 is 0. The van der Waals surface area contributed by atoms with E-state index >= 15 is 0 Å². The van der Waals surface area contributed by atoms with Gasteiger partial charge in [-0.3, -0.25) is 0 Å². The molecule has 1 atom stereocenters. The minimum atomic E-state index is -2.32. The quantitative estimate of drug-likeness (QED) is 0.470. The van der Waals surface area contributed by atoms with Gasteiger partial charge in [-0.25, -0.2) is 0 Å². The van der Waals surface area contributed by atoms with Crippen LogP contribution in [-0.4, -0.2) is 8.07 Å². The third kappa shape index (κ3) is 2.92. The van der Waals surface area contributed by atoms with Crippen molar-refractivity contribution in [1.29, 1.82) is 0 Å². The molecule has 0 spiro atoms. The fraction of sp³-hybridized carbons (Fsp3) is 0.154. The molecule has 0 aromatic heterocycles. The van der Waals surface area contributed by atoms with Crippen molar-refractivity contribution in [2.75, 3.05) is 0 Å². The number of rotatable bonds is 4. The zero-order valence-electron chi connectivity index (χ0n) is 16.3. The summed E-state index contributed by atoms with van der Waals surface area (Å²) in [5, 5.41) is 6.01. The molecule has 0 N–H and O–H groups in total. The van der Waals surface area contributed by atoms with Crippen molar-refractivity contribution in [3.05, 3.63) is 113 Å². The summed E-state index contributed by atoms with van der Waals surface area (Å²) in [5.41, 5.74) is 2.74. The molecule has 3 aromatic rings. The van der Waals surface area contributed by atoms with Gasteiger partial charge in [0, 0.05) is 0 Å². The molecule has 1 aliphatic rings. The molecule has 4 rings (SSSR count). The van der Waals surface area contributed by atoms with E-state index < -0.39 is 8.07 Å². The Bertz CT molecular complexity index is 940. The van der Waals surface area contributed by atoms with Gasteiger partial charge in [0.1, 0.15) is 0 Å². The van der Waals surface area contributed by atoms with E-state index in [0.717, 1.165) is 0 Å². The number of hydrogen-bond donors (Lipinski definition) is 0. The molecule has 0 bridgehead atoms. The molecule has 0 saturated carbocycles. The molecule has 27 heavy (non-hydrogen) atoms. The van der Waals surface area contributed by atoms with Gasteiger partial charge in [0.15, 0.2) is 8.07 Å². The standard InChI is InChI=1S/C26H26Si/c1-20-14-18-25(19-15-20)27(23-10-6-4-7-11-23,24-12-8-5-9-13-24)26-21(2)16-17-22(26)3/h4-19,21H,1-3H3. The van der Waals surface area contributed by atoms with Gasteiger partial charge in [-0.1, -0.05) is 120 Å². The summed E-state index contributed by atoms with van der Waals surface area (Å²) in [6.45, 7) is 6.81. The number of allylic oxidation sites excluding steroid dienone is 4. The van der Waals surface area contributed by atoms with Gasteiger partial charge in [0.2, 0.25) is 0 Å². The van der Waals surface area contributed by atoms with Crippen molar-refractivity contribution in [3.8, 4) is 0 Å². The lowest BCUT2D eigenvalue weighted by molar-refractivity contribution is 0.924. The van der Waals surface area contributed by atoms with Crippen LogP contribution in [0.5, 0.6) is 0 Å². The maximum Gasteiger partial charge on any atom is 0.176 e. The highest BCUT2D eigenvalue weighted by Gasteiger charge is 2.45. The van der Waals surface area contributed by atoms with E-state index in [1.54, 1.807) is 5.20 Å². The molecule has 0 saturated heterocycles. The van der Waals surface area contributed by atoms with E-state index in [4.69, 9.17) is 0 Å². The average Bonchev–Trinajstić information content (AvgIpc) is 3.05. The molecule has 0 nitrogen and oxygen atoms in total. The fourth-order valence-corrected chi connectivity index (χ4v) is 10.1. The summed E-state index contributed by atoms with van der Waals surface area (Å²) in [6.07, 6.45) is 4.69. The number of hydrogen-bond acceptors (Lipinski definition) is 0. The summed E-state index contributed by atoms with van der Waals surface area (Å²) in [7, 11) is -2.32. The highest BCUT2D eigenvalue weighted by molar-refractivity contribution is 7.16. The van der Waals surface area contributed by atoms with Crippen LogP contribution in [0.4, 0.5) is 0 Å². The number of aryl methyl sites for hydroxylation is 1. The van der Waals surface area contributed by atoms with Gasteiger partial charge in [-0.05, 0) is 35.3 Å². The second kappa shape index (κ2) is 7.17. The van der Waals surface area contributed by atoms with Crippen LogP contribution in [0.1, 0.15) is 19.4 Å². The lowest BCUT2D eigenvalue weighted by Gasteiger charge is -2.38. The van der Waals surface area contributed by atoms with E-state index in [1.165, 1.54) is 26.7 Å². The first-order chi connectivity index (χ1) is 13.1. The summed E-state index contributed by atoms with van der Waals surface area (Å²) >= 11 is 0. The smallest absolute Gasteiger partial charge is 0.0777 e. The molecule has 3 aromatic carbocycles. The van der Waals surface area contributed by atoms with Crippen molar-refractivity contribution in [1.82, 2.24) is 0 Å². The molecule has 1 unspecified atom stereocenters. The topological polar surface area (TPSA) is 0 Å². The first-order valence-electron chi connectivity index (χ1n) is 9.71. The Morgan fingerprint density at radius 1 is 0.630 bits per heavy atom. The van der Waals surface area contributed by atoms with Crippen LogP contribution in [0.25, 0.3) is 0 Å². The van der Waals surface area contributed by atoms with Crippen LogP contribution in [0, 0.1) is 12.8 Å². The average molecular weight is 367 g/mol. The molecule has 1 heteroatoms. The highest BCUT2D eigenvalue weighted by atomic mass is 28.3. The Morgan fingerprint density at radius 3 is 1.56 bits per heavy atom. The Morgan fingerprint density at radius 2 is 1.11 bits per heavy atom. The van der Waals surface area contributed by atoms with Crippen LogP contribution >= 0.6 is 0 Å². The van der Waals surface area contributed by atoms with Crippen molar-refractivity contribution in [3.63, 3.8) is 0 Å². The predicted octanol–water partition coefficient (Wildman–Crippen LogP) is 4.53. The minimum Gasteiger partial charge on any atom is -0.0777 e. The Hall–Kier alpha value is -2.64. The van der Waals surface area contributed by atoms with Crippen LogP contribution < -0.4 is 15.6 Å². The number of benzene rings is 3. The maximum atomic E-state index is 2.37. The Balaban J connectivity index is 2.13. The summed E-state index contributed by atoms with van der Waals surface area (Å²) in [6, 6.07) is 31.6.